The van der Waals surface area contributed by atoms with Crippen molar-refractivity contribution < 1.29 is 18.8 Å². The lowest BCUT2D eigenvalue weighted by Gasteiger charge is -2.40. The molecule has 0 aliphatic carbocycles. The highest BCUT2D eigenvalue weighted by atomic mass is 79.9. The van der Waals surface area contributed by atoms with E-state index in [9.17, 15) is 14.4 Å². The van der Waals surface area contributed by atoms with E-state index >= 15 is 0 Å². The number of aryl methyl sites for hydroxylation is 1. The van der Waals surface area contributed by atoms with Gasteiger partial charge in [0.2, 0.25) is 11.8 Å². The van der Waals surface area contributed by atoms with Crippen LogP contribution >= 0.6 is 15.9 Å². The Balaban J connectivity index is 1.19. The van der Waals surface area contributed by atoms with E-state index in [1.165, 1.54) is 0 Å². The van der Waals surface area contributed by atoms with Crippen molar-refractivity contribution in [3.05, 3.63) is 76.3 Å². The fraction of sp³-hybridized carbons (Fsp3) is 0.276. The van der Waals surface area contributed by atoms with Crippen LogP contribution in [0, 0.1) is 18.3 Å². The molecule has 6 rings (SSSR count). The number of amides is 3. The molecule has 3 amide bonds. The van der Waals surface area contributed by atoms with Gasteiger partial charge >= 0.3 is 0 Å². The second-order valence-electron chi connectivity index (χ2n) is 9.97. The molecule has 3 heterocycles. The first-order valence-corrected chi connectivity index (χ1v) is 13.2. The number of para-hydroxylation sites is 1. The van der Waals surface area contributed by atoms with Crippen LogP contribution in [0.1, 0.15) is 28.8 Å². The van der Waals surface area contributed by atoms with Crippen molar-refractivity contribution in [2.45, 2.75) is 19.8 Å². The maximum absolute atomic E-state index is 13.5. The number of fused-ring (bicyclic) bond motifs is 3. The fourth-order valence-corrected chi connectivity index (χ4v) is 6.30. The van der Waals surface area contributed by atoms with Crippen LogP contribution < -0.4 is 10.6 Å². The number of likely N-dealkylation sites (tertiary alicyclic amines) is 1. The molecule has 2 aliphatic rings. The van der Waals surface area contributed by atoms with Gasteiger partial charge in [-0.2, -0.15) is 0 Å². The molecular formula is C29H26BrN3O4. The predicted molar refractivity (Wildman–Crippen MR) is 145 cm³/mol. The number of nitrogens with one attached hydrogen (secondary N) is 2. The van der Waals surface area contributed by atoms with Gasteiger partial charge in [0.25, 0.3) is 5.91 Å². The molecule has 2 saturated heterocycles. The standard InChI is InChI=1S/C29H26BrN3O4/c1-17-14-18(30)6-8-20(17)27(35)33-12-10-29(11-13-33)23(16-31-28(29)36)26(34)32-19-7-9-25-22(15-19)21-4-2-3-5-24(21)37-25/h2-9,14-15,23H,10-13,16H2,1H3,(H,31,36)(H,32,34). The molecule has 2 aliphatic heterocycles. The van der Waals surface area contributed by atoms with Crippen LogP contribution in [0.3, 0.4) is 0 Å². The highest BCUT2D eigenvalue weighted by Gasteiger charge is 2.54. The van der Waals surface area contributed by atoms with Crippen molar-refractivity contribution >= 4 is 61.3 Å². The second-order valence-corrected chi connectivity index (χ2v) is 10.9. The van der Waals surface area contributed by atoms with Crippen LogP contribution in [0.15, 0.2) is 69.6 Å². The quantitative estimate of drug-likeness (QED) is 0.358. The van der Waals surface area contributed by atoms with Crippen LogP contribution in [0.2, 0.25) is 0 Å². The van der Waals surface area contributed by atoms with Gasteiger partial charge < -0.3 is 20.0 Å². The molecule has 4 aromatic rings. The summed E-state index contributed by atoms with van der Waals surface area (Å²) in [7, 11) is 0. The summed E-state index contributed by atoms with van der Waals surface area (Å²) in [5.74, 6) is -0.840. The van der Waals surface area contributed by atoms with Gasteiger partial charge in [-0.15, -0.1) is 0 Å². The topological polar surface area (TPSA) is 91.7 Å². The van der Waals surface area contributed by atoms with Gasteiger partial charge in [0.05, 0.1) is 11.3 Å². The van der Waals surface area contributed by atoms with E-state index in [-0.39, 0.29) is 17.7 Å². The monoisotopic (exact) mass is 559 g/mol. The minimum atomic E-state index is -0.817. The Bertz CT molecular complexity index is 1570. The SMILES string of the molecule is Cc1cc(Br)ccc1C(=O)N1CCC2(CC1)C(=O)NCC2C(=O)Nc1ccc2oc3ccccc3c2c1. The van der Waals surface area contributed by atoms with Gasteiger partial charge in [0, 0.05) is 46.1 Å². The molecule has 0 saturated carbocycles. The minimum Gasteiger partial charge on any atom is -0.456 e. The number of carbonyl (C=O) groups is 3. The first-order chi connectivity index (χ1) is 17.9. The van der Waals surface area contributed by atoms with E-state index in [0.717, 1.165) is 32.0 Å². The van der Waals surface area contributed by atoms with Crippen molar-refractivity contribution in [1.82, 2.24) is 10.2 Å². The largest absolute Gasteiger partial charge is 0.456 e. The van der Waals surface area contributed by atoms with Gasteiger partial charge in [-0.25, -0.2) is 0 Å². The number of benzene rings is 3. The summed E-state index contributed by atoms with van der Waals surface area (Å²) in [6.07, 6.45) is 0.896. The Morgan fingerprint density at radius 2 is 1.78 bits per heavy atom. The van der Waals surface area contributed by atoms with Gasteiger partial charge in [-0.05, 0) is 67.8 Å². The molecule has 0 radical (unpaired) electrons. The molecule has 188 valence electrons. The Hall–Kier alpha value is -3.65. The number of hydrogen-bond donors (Lipinski definition) is 2. The lowest BCUT2D eigenvalue weighted by atomic mass is 9.69. The zero-order chi connectivity index (χ0) is 25.7. The first-order valence-electron chi connectivity index (χ1n) is 12.4. The molecule has 37 heavy (non-hydrogen) atoms. The molecular weight excluding hydrogens is 534 g/mol. The predicted octanol–water partition coefficient (Wildman–Crippen LogP) is 5.26. The van der Waals surface area contributed by atoms with Crippen molar-refractivity contribution in [1.29, 1.82) is 0 Å². The summed E-state index contributed by atoms with van der Waals surface area (Å²) >= 11 is 3.44. The lowest BCUT2D eigenvalue weighted by Crippen LogP contribution is -2.50. The van der Waals surface area contributed by atoms with Gasteiger partial charge in [-0.3, -0.25) is 14.4 Å². The molecule has 2 N–H and O–H groups in total. The molecule has 1 atom stereocenters. The maximum atomic E-state index is 13.5. The minimum absolute atomic E-state index is 0.0418. The number of anilines is 1. The zero-order valence-electron chi connectivity index (χ0n) is 20.3. The summed E-state index contributed by atoms with van der Waals surface area (Å²) in [4.78, 5) is 41.5. The van der Waals surface area contributed by atoms with Crippen molar-refractivity contribution in [3.63, 3.8) is 0 Å². The Morgan fingerprint density at radius 1 is 1.03 bits per heavy atom. The third kappa shape index (κ3) is 4.00. The first kappa shape index (κ1) is 23.7. The molecule has 3 aromatic carbocycles. The normalized spacial score (nSPS) is 18.9. The lowest BCUT2D eigenvalue weighted by molar-refractivity contribution is -0.136. The maximum Gasteiger partial charge on any atom is 0.254 e. The molecule has 0 bridgehead atoms. The summed E-state index contributed by atoms with van der Waals surface area (Å²) in [6, 6.07) is 19.0. The average molecular weight is 560 g/mol. The Labute approximate surface area is 222 Å². The van der Waals surface area contributed by atoms with Crippen LogP contribution in [-0.2, 0) is 9.59 Å². The molecule has 2 fully saturated rings. The molecule has 1 unspecified atom stereocenters. The highest BCUT2D eigenvalue weighted by Crippen LogP contribution is 2.43. The number of hydrogen-bond acceptors (Lipinski definition) is 4. The van der Waals surface area contributed by atoms with Crippen LogP contribution in [0.4, 0.5) is 5.69 Å². The molecule has 1 aromatic heterocycles. The summed E-state index contributed by atoms with van der Waals surface area (Å²) in [5, 5.41) is 7.87. The van der Waals surface area contributed by atoms with Crippen LogP contribution in [0.5, 0.6) is 0 Å². The van der Waals surface area contributed by atoms with E-state index in [4.69, 9.17) is 4.42 Å². The number of furan rings is 1. The number of rotatable bonds is 3. The number of carbonyl (C=O) groups excluding carboxylic acids is 3. The third-order valence-electron chi connectivity index (χ3n) is 7.91. The summed E-state index contributed by atoms with van der Waals surface area (Å²) in [6.45, 7) is 3.07. The Morgan fingerprint density at radius 3 is 2.57 bits per heavy atom. The van der Waals surface area contributed by atoms with E-state index in [2.05, 4.69) is 26.6 Å². The van der Waals surface area contributed by atoms with Crippen molar-refractivity contribution in [2.75, 3.05) is 25.0 Å². The molecule has 8 heteroatoms. The summed E-state index contributed by atoms with van der Waals surface area (Å²) in [5.41, 5.74) is 2.96. The summed E-state index contributed by atoms with van der Waals surface area (Å²) < 4.78 is 6.82. The van der Waals surface area contributed by atoms with E-state index in [1.54, 1.807) is 4.90 Å². The van der Waals surface area contributed by atoms with Gasteiger partial charge in [0.15, 0.2) is 0 Å². The average Bonchev–Trinajstić information content (AvgIpc) is 3.41. The van der Waals surface area contributed by atoms with Crippen molar-refractivity contribution in [3.8, 4) is 0 Å². The molecule has 7 nitrogen and oxygen atoms in total. The number of nitrogens with zero attached hydrogens (tertiary/aromatic N) is 1. The van der Waals surface area contributed by atoms with E-state index < -0.39 is 11.3 Å². The third-order valence-corrected chi connectivity index (χ3v) is 8.40. The Kier molecular flexibility index (Phi) is 5.79. The smallest absolute Gasteiger partial charge is 0.254 e. The zero-order valence-corrected chi connectivity index (χ0v) is 21.9. The van der Waals surface area contributed by atoms with E-state index in [1.807, 2.05) is 67.6 Å². The fourth-order valence-electron chi connectivity index (χ4n) is 5.82. The number of piperidine rings is 1. The highest BCUT2D eigenvalue weighted by molar-refractivity contribution is 9.10. The molecule has 1 spiro atoms. The van der Waals surface area contributed by atoms with Crippen LogP contribution in [-0.4, -0.2) is 42.3 Å². The number of halogens is 1. The van der Waals surface area contributed by atoms with E-state index in [0.29, 0.717) is 43.7 Å². The van der Waals surface area contributed by atoms with Crippen molar-refractivity contribution in [2.24, 2.45) is 11.3 Å². The van der Waals surface area contributed by atoms with Gasteiger partial charge in [-0.1, -0.05) is 34.1 Å². The van der Waals surface area contributed by atoms with Gasteiger partial charge in [0.1, 0.15) is 11.2 Å². The van der Waals surface area contributed by atoms with Crippen LogP contribution in [0.25, 0.3) is 21.9 Å². The second kappa shape index (κ2) is 9.03.